The van der Waals surface area contributed by atoms with Crippen molar-refractivity contribution < 1.29 is 14.6 Å². The van der Waals surface area contributed by atoms with Gasteiger partial charge in [-0.25, -0.2) is 4.79 Å². The van der Waals surface area contributed by atoms with E-state index in [0.29, 0.717) is 19.5 Å². The van der Waals surface area contributed by atoms with Crippen LogP contribution in [0.5, 0.6) is 0 Å². The highest BCUT2D eigenvalue weighted by Crippen LogP contribution is 2.27. The molecule has 4 nitrogen and oxygen atoms in total. The number of carbonyl (C=O) groups excluding carboxylic acids is 1. The van der Waals surface area contributed by atoms with Crippen LogP contribution in [0, 0.1) is 6.92 Å². The summed E-state index contributed by atoms with van der Waals surface area (Å²) in [6, 6.07) is 8.08. The standard InChI is InChI=1S/C16H23NO3/c1-12-6-5-7-13(8-12)9-16(19)10-17(11-16)14(18)20-15(2,3)4/h5-8,19H,9-11H2,1-4H3. The van der Waals surface area contributed by atoms with E-state index in [1.54, 1.807) is 4.90 Å². The Morgan fingerprint density at radius 3 is 2.60 bits per heavy atom. The number of hydrogen-bond donors (Lipinski definition) is 1. The minimum Gasteiger partial charge on any atom is -0.444 e. The number of ether oxygens (including phenoxy) is 1. The van der Waals surface area contributed by atoms with Gasteiger partial charge in [0.05, 0.1) is 13.1 Å². The topological polar surface area (TPSA) is 49.8 Å². The van der Waals surface area contributed by atoms with Crippen molar-refractivity contribution in [1.29, 1.82) is 0 Å². The van der Waals surface area contributed by atoms with Gasteiger partial charge in [0, 0.05) is 6.42 Å². The van der Waals surface area contributed by atoms with Gasteiger partial charge in [0.2, 0.25) is 0 Å². The van der Waals surface area contributed by atoms with Crippen LogP contribution in [0.25, 0.3) is 0 Å². The lowest BCUT2D eigenvalue weighted by Crippen LogP contribution is -2.65. The summed E-state index contributed by atoms with van der Waals surface area (Å²) < 4.78 is 5.28. The molecule has 2 rings (SSSR count). The SMILES string of the molecule is Cc1cccc(CC2(O)CN(C(=O)OC(C)(C)C)C2)c1. The van der Waals surface area contributed by atoms with Gasteiger partial charge in [-0.3, -0.25) is 0 Å². The van der Waals surface area contributed by atoms with Gasteiger partial charge >= 0.3 is 6.09 Å². The lowest BCUT2D eigenvalue weighted by molar-refractivity contribution is -0.0973. The van der Waals surface area contributed by atoms with Crippen LogP contribution in [0.1, 0.15) is 31.9 Å². The number of β-amino-alcohol motifs (C(OH)–C–C–N with tert-alkyl or cyclic N) is 1. The van der Waals surface area contributed by atoms with Gasteiger partial charge in [-0.1, -0.05) is 29.8 Å². The number of nitrogens with zero attached hydrogens (tertiary/aromatic N) is 1. The Bertz CT molecular complexity index is 499. The molecule has 4 heteroatoms. The molecule has 1 amide bonds. The van der Waals surface area contributed by atoms with Gasteiger partial charge in [-0.15, -0.1) is 0 Å². The third-order valence-corrected chi connectivity index (χ3v) is 3.24. The van der Waals surface area contributed by atoms with Crippen molar-refractivity contribution in [2.75, 3.05) is 13.1 Å². The molecule has 0 unspecified atom stereocenters. The molecule has 1 saturated heterocycles. The minimum absolute atomic E-state index is 0.329. The number of benzene rings is 1. The maximum Gasteiger partial charge on any atom is 0.410 e. The summed E-state index contributed by atoms with van der Waals surface area (Å²) in [5.41, 5.74) is 0.942. The highest BCUT2D eigenvalue weighted by Gasteiger charge is 2.45. The molecule has 0 bridgehead atoms. The largest absolute Gasteiger partial charge is 0.444 e. The highest BCUT2D eigenvalue weighted by atomic mass is 16.6. The lowest BCUT2D eigenvalue weighted by Gasteiger charge is -2.46. The Morgan fingerprint density at radius 1 is 1.40 bits per heavy atom. The molecule has 1 aromatic rings. The van der Waals surface area contributed by atoms with E-state index in [1.165, 1.54) is 5.56 Å². The van der Waals surface area contributed by atoms with Crippen LogP contribution in [0.3, 0.4) is 0 Å². The van der Waals surface area contributed by atoms with Crippen LogP contribution in [0.4, 0.5) is 4.79 Å². The molecular formula is C16H23NO3. The van der Waals surface area contributed by atoms with Gasteiger partial charge < -0.3 is 14.7 Å². The molecule has 1 aliphatic heterocycles. The van der Waals surface area contributed by atoms with Gasteiger partial charge in [0.15, 0.2) is 0 Å². The maximum atomic E-state index is 11.8. The fraction of sp³-hybridized carbons (Fsp3) is 0.562. The van der Waals surface area contributed by atoms with Crippen LogP contribution in [-0.4, -0.2) is 40.4 Å². The van der Waals surface area contributed by atoms with E-state index in [0.717, 1.165) is 5.56 Å². The Labute approximate surface area is 120 Å². The van der Waals surface area contributed by atoms with E-state index < -0.39 is 11.2 Å². The van der Waals surface area contributed by atoms with Crippen molar-refractivity contribution >= 4 is 6.09 Å². The quantitative estimate of drug-likeness (QED) is 0.903. The summed E-state index contributed by atoms with van der Waals surface area (Å²) >= 11 is 0. The maximum absolute atomic E-state index is 11.8. The first-order valence-corrected chi connectivity index (χ1v) is 6.93. The Balaban J connectivity index is 1.89. The number of hydrogen-bond acceptors (Lipinski definition) is 3. The van der Waals surface area contributed by atoms with Crippen molar-refractivity contribution in [3.8, 4) is 0 Å². The molecule has 0 spiro atoms. The van der Waals surface area contributed by atoms with E-state index in [4.69, 9.17) is 4.74 Å². The average Bonchev–Trinajstić information content (AvgIpc) is 2.23. The zero-order valence-corrected chi connectivity index (χ0v) is 12.6. The number of carbonyl (C=O) groups is 1. The van der Waals surface area contributed by atoms with E-state index in [2.05, 4.69) is 6.07 Å². The summed E-state index contributed by atoms with van der Waals surface area (Å²) in [7, 11) is 0. The normalized spacial score (nSPS) is 17.6. The first kappa shape index (κ1) is 14.9. The highest BCUT2D eigenvalue weighted by molar-refractivity contribution is 5.69. The smallest absolute Gasteiger partial charge is 0.410 e. The van der Waals surface area contributed by atoms with Crippen LogP contribution in [0.2, 0.25) is 0 Å². The van der Waals surface area contributed by atoms with Crippen molar-refractivity contribution in [2.24, 2.45) is 0 Å². The van der Waals surface area contributed by atoms with Crippen LogP contribution < -0.4 is 0 Å². The third kappa shape index (κ3) is 3.73. The summed E-state index contributed by atoms with van der Waals surface area (Å²) in [5.74, 6) is 0. The summed E-state index contributed by atoms with van der Waals surface area (Å²) in [5, 5.41) is 10.4. The zero-order valence-electron chi connectivity index (χ0n) is 12.6. The van der Waals surface area contributed by atoms with Gasteiger partial charge in [0.25, 0.3) is 0 Å². The van der Waals surface area contributed by atoms with E-state index in [-0.39, 0.29) is 6.09 Å². The summed E-state index contributed by atoms with van der Waals surface area (Å²) in [6.45, 7) is 8.20. The van der Waals surface area contributed by atoms with Crippen molar-refractivity contribution in [3.63, 3.8) is 0 Å². The van der Waals surface area contributed by atoms with Crippen molar-refractivity contribution in [3.05, 3.63) is 35.4 Å². The monoisotopic (exact) mass is 277 g/mol. The minimum atomic E-state index is -0.829. The van der Waals surface area contributed by atoms with Crippen LogP contribution in [-0.2, 0) is 11.2 Å². The Morgan fingerprint density at radius 2 is 2.05 bits per heavy atom. The van der Waals surface area contributed by atoms with Gasteiger partial charge in [0.1, 0.15) is 11.2 Å². The first-order valence-electron chi connectivity index (χ1n) is 6.93. The fourth-order valence-electron chi connectivity index (χ4n) is 2.43. The van der Waals surface area contributed by atoms with E-state index in [1.807, 2.05) is 45.9 Å². The predicted octanol–water partition coefficient (Wildman–Crippen LogP) is 2.52. The fourth-order valence-corrected chi connectivity index (χ4v) is 2.43. The molecule has 1 N–H and O–H groups in total. The molecule has 0 saturated carbocycles. The number of aryl methyl sites for hydroxylation is 1. The molecule has 0 aromatic heterocycles. The predicted molar refractivity (Wildman–Crippen MR) is 77.6 cm³/mol. The van der Waals surface area contributed by atoms with Gasteiger partial charge in [-0.05, 0) is 33.3 Å². The third-order valence-electron chi connectivity index (χ3n) is 3.24. The molecule has 0 atom stereocenters. The van der Waals surface area contributed by atoms with Gasteiger partial charge in [-0.2, -0.15) is 0 Å². The first-order chi connectivity index (χ1) is 9.17. The number of likely N-dealkylation sites (tertiary alicyclic amines) is 1. The molecule has 0 radical (unpaired) electrons. The second kappa shape index (κ2) is 5.09. The van der Waals surface area contributed by atoms with Crippen molar-refractivity contribution in [2.45, 2.75) is 45.3 Å². The number of amides is 1. The summed E-state index contributed by atoms with van der Waals surface area (Å²) in [4.78, 5) is 13.4. The zero-order chi connectivity index (χ0) is 15.0. The van der Waals surface area contributed by atoms with Crippen LogP contribution >= 0.6 is 0 Å². The number of rotatable bonds is 2. The molecule has 1 aromatic carbocycles. The lowest BCUT2D eigenvalue weighted by atomic mass is 9.87. The Hall–Kier alpha value is -1.55. The molecule has 1 fully saturated rings. The number of aliphatic hydroxyl groups is 1. The molecule has 1 aliphatic rings. The average molecular weight is 277 g/mol. The Kier molecular flexibility index (Phi) is 3.78. The van der Waals surface area contributed by atoms with Crippen LogP contribution in [0.15, 0.2) is 24.3 Å². The summed E-state index contributed by atoms with van der Waals surface area (Å²) in [6.07, 6.45) is 0.208. The molecular weight excluding hydrogens is 254 g/mol. The molecule has 110 valence electrons. The second-order valence-electron chi connectivity index (χ2n) is 6.73. The molecule has 1 heterocycles. The van der Waals surface area contributed by atoms with E-state index in [9.17, 15) is 9.90 Å². The molecule has 0 aliphatic carbocycles. The van der Waals surface area contributed by atoms with Crippen molar-refractivity contribution in [1.82, 2.24) is 4.90 Å². The second-order valence-corrected chi connectivity index (χ2v) is 6.73. The van der Waals surface area contributed by atoms with E-state index >= 15 is 0 Å². The molecule has 20 heavy (non-hydrogen) atoms.